The Kier molecular flexibility index (Phi) is 8.96. The summed E-state index contributed by atoms with van der Waals surface area (Å²) in [4.78, 5) is 23.5. The van der Waals surface area contributed by atoms with Crippen LogP contribution >= 0.6 is 23.2 Å². The average molecular weight is 583 g/mol. The van der Waals surface area contributed by atoms with E-state index in [0.717, 1.165) is 16.7 Å². The van der Waals surface area contributed by atoms with Crippen LogP contribution in [0.3, 0.4) is 0 Å². The Morgan fingerprint density at radius 1 is 0.975 bits per heavy atom. The number of benzene rings is 3. The fourth-order valence-electron chi connectivity index (χ4n) is 5.11. The van der Waals surface area contributed by atoms with Crippen molar-refractivity contribution >= 4 is 34.9 Å². The third-order valence-electron chi connectivity index (χ3n) is 7.01. The molecule has 2 atom stereocenters. The van der Waals surface area contributed by atoms with E-state index in [2.05, 4.69) is 4.90 Å². The molecule has 2 aliphatic rings. The second kappa shape index (κ2) is 12.6. The molecule has 0 spiro atoms. The summed E-state index contributed by atoms with van der Waals surface area (Å²) >= 11 is 12.5. The summed E-state index contributed by atoms with van der Waals surface area (Å²) in [6.07, 6.45) is -0.0931. The largest absolute Gasteiger partial charge is 0.497 e. The van der Waals surface area contributed by atoms with Crippen LogP contribution in [0.4, 0.5) is 0 Å². The molecule has 1 fully saturated rings. The molecule has 2 unspecified atom stereocenters. The molecule has 1 saturated heterocycles. The van der Waals surface area contributed by atoms with E-state index in [4.69, 9.17) is 42.4 Å². The van der Waals surface area contributed by atoms with E-state index in [9.17, 15) is 4.79 Å². The van der Waals surface area contributed by atoms with Crippen molar-refractivity contribution in [2.75, 3.05) is 40.0 Å². The number of rotatable bonds is 8. The first kappa shape index (κ1) is 28.4. The second-order valence-corrected chi connectivity index (χ2v) is 11.0. The van der Waals surface area contributed by atoms with Gasteiger partial charge in [-0.25, -0.2) is 0 Å². The fourth-order valence-corrected chi connectivity index (χ4v) is 5.36. The molecule has 0 saturated carbocycles. The molecule has 2 aliphatic heterocycles. The molecule has 210 valence electrons. The van der Waals surface area contributed by atoms with Gasteiger partial charge in [-0.05, 0) is 61.4 Å². The van der Waals surface area contributed by atoms with Crippen molar-refractivity contribution < 1.29 is 19.0 Å². The zero-order valence-corrected chi connectivity index (χ0v) is 24.4. The van der Waals surface area contributed by atoms with Crippen molar-refractivity contribution in [2.24, 2.45) is 4.99 Å². The minimum absolute atomic E-state index is 0.0524. The van der Waals surface area contributed by atoms with E-state index in [-0.39, 0.29) is 24.6 Å². The molecule has 3 aromatic rings. The van der Waals surface area contributed by atoms with Gasteiger partial charge in [0.05, 0.1) is 44.6 Å². The number of morpholine rings is 1. The number of carbonyl (C=O) groups is 1. The normalized spacial score (nSPS) is 19.6. The third-order valence-corrected chi connectivity index (χ3v) is 7.52. The Morgan fingerprint density at radius 3 is 2.20 bits per heavy atom. The minimum Gasteiger partial charge on any atom is -0.497 e. The molecular weight excluding hydrogens is 549 g/mol. The van der Waals surface area contributed by atoms with Crippen molar-refractivity contribution in [1.82, 2.24) is 9.80 Å². The van der Waals surface area contributed by atoms with Gasteiger partial charge in [-0.1, -0.05) is 47.5 Å². The van der Waals surface area contributed by atoms with Crippen molar-refractivity contribution in [3.05, 3.63) is 93.5 Å². The number of hydrogen-bond donors (Lipinski definition) is 0. The number of amides is 1. The maximum absolute atomic E-state index is 14.3. The SMILES string of the molecule is COc1ccc(C2=NC(c3ccc(Cl)cc3)C(c3ccc(Cl)cc3)N2C(=O)CN2CCOCC2)c(OC(C)C)c1. The summed E-state index contributed by atoms with van der Waals surface area (Å²) in [7, 11) is 1.62. The monoisotopic (exact) mass is 581 g/mol. The number of methoxy groups -OCH3 is 1. The van der Waals surface area contributed by atoms with E-state index >= 15 is 0 Å². The van der Waals surface area contributed by atoms with Crippen molar-refractivity contribution in [3.63, 3.8) is 0 Å². The van der Waals surface area contributed by atoms with Crippen LogP contribution in [0, 0.1) is 0 Å². The number of amidine groups is 1. The van der Waals surface area contributed by atoms with Gasteiger partial charge in [-0.3, -0.25) is 19.6 Å². The molecule has 0 radical (unpaired) electrons. The lowest BCUT2D eigenvalue weighted by molar-refractivity contribution is -0.131. The molecule has 5 rings (SSSR count). The number of nitrogens with zero attached hydrogens (tertiary/aromatic N) is 3. The van der Waals surface area contributed by atoms with E-state index in [1.807, 2.05) is 85.5 Å². The first-order valence-electron chi connectivity index (χ1n) is 13.4. The molecule has 3 aromatic carbocycles. The summed E-state index contributed by atoms with van der Waals surface area (Å²) in [6.45, 7) is 6.78. The zero-order valence-electron chi connectivity index (χ0n) is 22.8. The fraction of sp³-hybridized carbons (Fsp3) is 0.355. The molecule has 0 N–H and O–H groups in total. The van der Waals surface area contributed by atoms with E-state index in [1.165, 1.54) is 0 Å². The number of hydrogen-bond acceptors (Lipinski definition) is 6. The zero-order chi connectivity index (χ0) is 28.2. The van der Waals surface area contributed by atoms with Crippen LogP contribution in [-0.2, 0) is 9.53 Å². The smallest absolute Gasteiger partial charge is 0.243 e. The van der Waals surface area contributed by atoms with E-state index in [1.54, 1.807) is 7.11 Å². The van der Waals surface area contributed by atoms with Crippen molar-refractivity contribution in [1.29, 1.82) is 0 Å². The Morgan fingerprint density at radius 2 is 1.60 bits per heavy atom. The Hall–Kier alpha value is -3.10. The number of carbonyl (C=O) groups excluding carboxylic acids is 1. The number of ether oxygens (including phenoxy) is 3. The molecule has 0 aromatic heterocycles. The molecule has 7 nitrogen and oxygen atoms in total. The average Bonchev–Trinajstić information content (AvgIpc) is 3.34. The first-order valence-corrected chi connectivity index (χ1v) is 14.2. The van der Waals surface area contributed by atoms with Crippen LogP contribution in [0.25, 0.3) is 0 Å². The lowest BCUT2D eigenvalue weighted by Gasteiger charge is -2.33. The van der Waals surface area contributed by atoms with Gasteiger partial charge in [0.1, 0.15) is 23.4 Å². The van der Waals surface area contributed by atoms with Gasteiger partial charge in [-0.15, -0.1) is 0 Å². The van der Waals surface area contributed by atoms with Gasteiger partial charge in [0.2, 0.25) is 5.91 Å². The quantitative estimate of drug-likeness (QED) is 0.317. The van der Waals surface area contributed by atoms with E-state index < -0.39 is 6.04 Å². The number of aliphatic imine (C=N–C) groups is 1. The van der Waals surface area contributed by atoms with Gasteiger partial charge in [0.25, 0.3) is 0 Å². The molecule has 2 heterocycles. The Balaban J connectivity index is 1.66. The van der Waals surface area contributed by atoms with Crippen LogP contribution in [-0.4, -0.2) is 67.6 Å². The van der Waals surface area contributed by atoms with Crippen LogP contribution in [0.15, 0.2) is 71.7 Å². The van der Waals surface area contributed by atoms with Gasteiger partial charge in [0, 0.05) is 29.2 Å². The Labute approximate surface area is 245 Å². The van der Waals surface area contributed by atoms with E-state index in [0.29, 0.717) is 53.7 Å². The maximum Gasteiger partial charge on any atom is 0.243 e. The summed E-state index contributed by atoms with van der Waals surface area (Å²) in [5.41, 5.74) is 2.60. The van der Waals surface area contributed by atoms with Crippen molar-refractivity contribution in [2.45, 2.75) is 32.0 Å². The topological polar surface area (TPSA) is 63.6 Å². The third kappa shape index (κ3) is 6.28. The summed E-state index contributed by atoms with van der Waals surface area (Å²) in [5.74, 6) is 1.76. The molecule has 0 aliphatic carbocycles. The van der Waals surface area contributed by atoms with Crippen LogP contribution in [0.1, 0.15) is 42.6 Å². The molecule has 40 heavy (non-hydrogen) atoms. The lowest BCUT2D eigenvalue weighted by atomic mass is 9.93. The van der Waals surface area contributed by atoms with Gasteiger partial charge < -0.3 is 14.2 Å². The van der Waals surface area contributed by atoms with Crippen LogP contribution in [0.2, 0.25) is 10.0 Å². The summed E-state index contributed by atoms with van der Waals surface area (Å²) in [6, 6.07) is 20.1. The summed E-state index contributed by atoms with van der Waals surface area (Å²) in [5, 5.41) is 1.26. The predicted octanol–water partition coefficient (Wildman–Crippen LogP) is 6.19. The predicted molar refractivity (Wildman–Crippen MR) is 158 cm³/mol. The Bertz CT molecular complexity index is 1360. The molecule has 0 bridgehead atoms. The number of halogens is 2. The standard InChI is InChI=1S/C31H33Cl2N3O4/c1-20(2)40-27-18-25(38-3)12-13-26(27)31-34-29(21-4-8-23(32)9-5-21)30(22-6-10-24(33)11-7-22)36(31)28(37)19-35-14-16-39-17-15-35/h4-13,18,20,29-30H,14-17,19H2,1-3H3. The highest BCUT2D eigenvalue weighted by molar-refractivity contribution is 6.30. The van der Waals surface area contributed by atoms with Gasteiger partial charge >= 0.3 is 0 Å². The van der Waals surface area contributed by atoms with Crippen LogP contribution in [0.5, 0.6) is 11.5 Å². The maximum atomic E-state index is 14.3. The van der Waals surface area contributed by atoms with Crippen LogP contribution < -0.4 is 9.47 Å². The highest BCUT2D eigenvalue weighted by atomic mass is 35.5. The summed E-state index contributed by atoms with van der Waals surface area (Å²) < 4.78 is 17.2. The second-order valence-electron chi connectivity index (χ2n) is 10.1. The van der Waals surface area contributed by atoms with Crippen molar-refractivity contribution in [3.8, 4) is 11.5 Å². The highest BCUT2D eigenvalue weighted by Gasteiger charge is 2.43. The molecule has 1 amide bonds. The first-order chi connectivity index (χ1) is 19.3. The molecule has 9 heteroatoms. The lowest BCUT2D eigenvalue weighted by Crippen LogP contribution is -2.47. The van der Waals surface area contributed by atoms with Gasteiger partial charge in [0.15, 0.2) is 0 Å². The minimum atomic E-state index is -0.406. The highest BCUT2D eigenvalue weighted by Crippen LogP contribution is 2.45. The molecular formula is C31H33Cl2N3O4. The van der Waals surface area contributed by atoms with Gasteiger partial charge in [-0.2, -0.15) is 0 Å².